The number of amides is 1. The molecule has 0 saturated carbocycles. The molecule has 6 nitrogen and oxygen atoms in total. The van der Waals surface area contributed by atoms with Crippen LogP contribution in [0.5, 0.6) is 0 Å². The fourth-order valence-electron chi connectivity index (χ4n) is 2.47. The molecule has 0 bridgehead atoms. The lowest BCUT2D eigenvalue weighted by Gasteiger charge is -2.22. The molecule has 0 radical (unpaired) electrons. The van der Waals surface area contributed by atoms with Gasteiger partial charge in [-0.25, -0.2) is 4.98 Å². The molecule has 2 rings (SSSR count). The van der Waals surface area contributed by atoms with Crippen LogP contribution in [0.2, 0.25) is 0 Å². The minimum absolute atomic E-state index is 0.0281. The molecule has 1 unspecified atom stereocenters. The van der Waals surface area contributed by atoms with Gasteiger partial charge in [-0.15, -0.1) is 0 Å². The number of likely N-dealkylation sites (N-methyl/N-ethyl adjacent to an activating group) is 1. The lowest BCUT2D eigenvalue weighted by molar-refractivity contribution is -0.125. The standard InChI is InChI=1S/C14H23N5O/c1-3-6-16-13-9-17-11(8-18-13)10-19-7-4-5-12(19)14(20)15-2/h8-9,12H,3-7,10H2,1-2H3,(H,15,20)(H,16,18). The molecule has 2 N–H and O–H groups in total. The van der Waals surface area contributed by atoms with Crippen LogP contribution < -0.4 is 10.6 Å². The van der Waals surface area contributed by atoms with E-state index in [4.69, 9.17) is 0 Å². The molecule has 1 aliphatic rings. The molecule has 1 aromatic heterocycles. The zero-order valence-corrected chi connectivity index (χ0v) is 12.2. The minimum atomic E-state index is -0.0281. The predicted molar refractivity (Wildman–Crippen MR) is 78.3 cm³/mol. The van der Waals surface area contributed by atoms with Crippen molar-refractivity contribution in [3.63, 3.8) is 0 Å². The first-order valence-electron chi connectivity index (χ1n) is 7.25. The Labute approximate surface area is 120 Å². The first-order chi connectivity index (χ1) is 9.74. The van der Waals surface area contributed by atoms with Crippen molar-refractivity contribution in [2.24, 2.45) is 0 Å². The number of nitrogens with zero attached hydrogens (tertiary/aromatic N) is 3. The molecule has 1 fully saturated rings. The summed E-state index contributed by atoms with van der Waals surface area (Å²) in [7, 11) is 1.69. The fraction of sp³-hybridized carbons (Fsp3) is 0.643. The SMILES string of the molecule is CCCNc1cnc(CN2CCCC2C(=O)NC)cn1. The van der Waals surface area contributed by atoms with E-state index in [2.05, 4.69) is 32.4 Å². The smallest absolute Gasteiger partial charge is 0.237 e. The second kappa shape index (κ2) is 7.19. The van der Waals surface area contributed by atoms with Gasteiger partial charge in [0.15, 0.2) is 0 Å². The van der Waals surface area contributed by atoms with Gasteiger partial charge in [-0.05, 0) is 25.8 Å². The van der Waals surface area contributed by atoms with Crippen LogP contribution in [0.25, 0.3) is 0 Å². The summed E-state index contributed by atoms with van der Waals surface area (Å²) in [6, 6.07) is -0.0281. The Kier molecular flexibility index (Phi) is 5.29. The van der Waals surface area contributed by atoms with E-state index in [1.807, 2.05) is 0 Å². The van der Waals surface area contributed by atoms with Crippen molar-refractivity contribution in [3.05, 3.63) is 18.1 Å². The van der Waals surface area contributed by atoms with Crippen molar-refractivity contribution < 1.29 is 4.79 Å². The predicted octanol–water partition coefficient (Wildman–Crippen LogP) is 1.01. The number of hydrogen-bond donors (Lipinski definition) is 2. The molecule has 1 saturated heterocycles. The summed E-state index contributed by atoms with van der Waals surface area (Å²) in [4.78, 5) is 22.7. The van der Waals surface area contributed by atoms with Crippen LogP contribution in [-0.2, 0) is 11.3 Å². The quantitative estimate of drug-likeness (QED) is 0.812. The number of aromatic nitrogens is 2. The maximum absolute atomic E-state index is 11.8. The minimum Gasteiger partial charge on any atom is -0.369 e. The average Bonchev–Trinajstić information content (AvgIpc) is 2.94. The summed E-state index contributed by atoms with van der Waals surface area (Å²) < 4.78 is 0. The van der Waals surface area contributed by atoms with E-state index in [1.54, 1.807) is 19.4 Å². The second-order valence-corrected chi connectivity index (χ2v) is 5.06. The van der Waals surface area contributed by atoms with Gasteiger partial charge < -0.3 is 10.6 Å². The van der Waals surface area contributed by atoms with Gasteiger partial charge in [-0.2, -0.15) is 0 Å². The number of carbonyl (C=O) groups is 1. The molecule has 2 heterocycles. The summed E-state index contributed by atoms with van der Waals surface area (Å²) in [5.74, 6) is 0.900. The number of hydrogen-bond acceptors (Lipinski definition) is 5. The Bertz CT molecular complexity index is 434. The molecular weight excluding hydrogens is 254 g/mol. The highest BCUT2D eigenvalue weighted by Crippen LogP contribution is 2.19. The van der Waals surface area contributed by atoms with E-state index < -0.39 is 0 Å². The lowest BCUT2D eigenvalue weighted by atomic mass is 10.2. The number of rotatable bonds is 6. The summed E-state index contributed by atoms with van der Waals surface area (Å²) in [6.45, 7) is 4.63. The van der Waals surface area contributed by atoms with Gasteiger partial charge in [0.2, 0.25) is 5.91 Å². The fourth-order valence-corrected chi connectivity index (χ4v) is 2.47. The molecule has 1 atom stereocenters. The van der Waals surface area contributed by atoms with Gasteiger partial charge in [-0.3, -0.25) is 14.7 Å². The van der Waals surface area contributed by atoms with Crippen molar-refractivity contribution in [2.75, 3.05) is 25.5 Å². The van der Waals surface area contributed by atoms with E-state index in [9.17, 15) is 4.79 Å². The van der Waals surface area contributed by atoms with Gasteiger partial charge in [0.1, 0.15) is 5.82 Å². The number of carbonyl (C=O) groups excluding carboxylic acids is 1. The summed E-state index contributed by atoms with van der Waals surface area (Å²) in [5, 5.41) is 5.93. The Hall–Kier alpha value is -1.69. The molecule has 0 aromatic carbocycles. The third-order valence-corrected chi connectivity index (χ3v) is 3.54. The molecule has 0 spiro atoms. The summed E-state index contributed by atoms with van der Waals surface area (Å²) in [6.07, 6.45) is 6.59. The van der Waals surface area contributed by atoms with E-state index in [-0.39, 0.29) is 11.9 Å². The number of nitrogens with one attached hydrogen (secondary N) is 2. The van der Waals surface area contributed by atoms with Crippen LogP contribution in [0.15, 0.2) is 12.4 Å². The van der Waals surface area contributed by atoms with Gasteiger partial charge >= 0.3 is 0 Å². The van der Waals surface area contributed by atoms with Crippen molar-refractivity contribution >= 4 is 11.7 Å². The Morgan fingerprint density at radius 1 is 1.45 bits per heavy atom. The Balaban J connectivity index is 1.93. The van der Waals surface area contributed by atoms with Crippen LogP contribution in [0.3, 0.4) is 0 Å². The highest BCUT2D eigenvalue weighted by molar-refractivity contribution is 5.81. The molecule has 1 aromatic rings. The molecule has 1 amide bonds. The lowest BCUT2D eigenvalue weighted by Crippen LogP contribution is -2.41. The van der Waals surface area contributed by atoms with Gasteiger partial charge in [-0.1, -0.05) is 6.92 Å². The van der Waals surface area contributed by atoms with Gasteiger partial charge in [0.05, 0.1) is 24.1 Å². The van der Waals surface area contributed by atoms with E-state index >= 15 is 0 Å². The van der Waals surface area contributed by atoms with Crippen LogP contribution >= 0.6 is 0 Å². The zero-order chi connectivity index (χ0) is 14.4. The molecule has 0 aliphatic carbocycles. The maximum Gasteiger partial charge on any atom is 0.237 e. The number of anilines is 1. The largest absolute Gasteiger partial charge is 0.369 e. The molecular formula is C14H23N5O. The Morgan fingerprint density at radius 2 is 2.30 bits per heavy atom. The first kappa shape index (κ1) is 14.7. The van der Waals surface area contributed by atoms with Crippen molar-refractivity contribution in [1.29, 1.82) is 0 Å². The molecule has 110 valence electrons. The molecule has 20 heavy (non-hydrogen) atoms. The normalized spacial score (nSPS) is 19.0. The molecule has 6 heteroatoms. The van der Waals surface area contributed by atoms with Crippen molar-refractivity contribution in [2.45, 2.75) is 38.8 Å². The van der Waals surface area contributed by atoms with E-state index in [0.29, 0.717) is 6.54 Å². The Morgan fingerprint density at radius 3 is 2.95 bits per heavy atom. The van der Waals surface area contributed by atoms with Crippen LogP contribution in [0, 0.1) is 0 Å². The third-order valence-electron chi connectivity index (χ3n) is 3.54. The third kappa shape index (κ3) is 3.66. The summed E-state index contributed by atoms with van der Waals surface area (Å²) in [5.41, 5.74) is 0.905. The highest BCUT2D eigenvalue weighted by Gasteiger charge is 2.30. The molecule has 1 aliphatic heterocycles. The maximum atomic E-state index is 11.8. The van der Waals surface area contributed by atoms with Gasteiger partial charge in [0, 0.05) is 20.1 Å². The summed E-state index contributed by atoms with van der Waals surface area (Å²) >= 11 is 0. The van der Waals surface area contributed by atoms with E-state index in [0.717, 1.165) is 43.9 Å². The van der Waals surface area contributed by atoms with Gasteiger partial charge in [0.25, 0.3) is 0 Å². The van der Waals surface area contributed by atoms with Crippen LogP contribution in [-0.4, -0.2) is 47.0 Å². The first-order valence-corrected chi connectivity index (χ1v) is 7.25. The topological polar surface area (TPSA) is 70.2 Å². The van der Waals surface area contributed by atoms with E-state index in [1.165, 1.54) is 0 Å². The van der Waals surface area contributed by atoms with Crippen LogP contribution in [0.1, 0.15) is 31.9 Å². The second-order valence-electron chi connectivity index (χ2n) is 5.06. The van der Waals surface area contributed by atoms with Crippen LogP contribution in [0.4, 0.5) is 5.82 Å². The zero-order valence-electron chi connectivity index (χ0n) is 12.2. The van der Waals surface area contributed by atoms with Crippen molar-refractivity contribution in [1.82, 2.24) is 20.2 Å². The highest BCUT2D eigenvalue weighted by atomic mass is 16.2. The average molecular weight is 277 g/mol. The monoisotopic (exact) mass is 277 g/mol. The number of likely N-dealkylation sites (tertiary alicyclic amines) is 1. The van der Waals surface area contributed by atoms with Crippen molar-refractivity contribution in [3.8, 4) is 0 Å².